The summed E-state index contributed by atoms with van der Waals surface area (Å²) in [6.45, 7) is 13.9. The van der Waals surface area contributed by atoms with E-state index in [-0.39, 0.29) is 55.1 Å². The predicted molar refractivity (Wildman–Crippen MR) is 190 cm³/mol. The monoisotopic (exact) mass is 722 g/mol. The molecule has 254 valence electrons. The van der Waals surface area contributed by atoms with Crippen LogP contribution in [0.1, 0.15) is 48.5 Å². The third kappa shape index (κ3) is 16.1. The van der Waals surface area contributed by atoms with Gasteiger partial charge in [-0.05, 0) is 63.6 Å². The van der Waals surface area contributed by atoms with Crippen molar-refractivity contribution in [3.8, 4) is 11.5 Å². The molecule has 13 heteroatoms. The minimum atomic E-state index is -2.22. The Kier molecular flexibility index (Phi) is 17.5. The van der Waals surface area contributed by atoms with Crippen LogP contribution >= 0.6 is 17.1 Å². The molecule has 4 aromatic rings. The Morgan fingerprint density at radius 2 is 1.12 bits per heavy atom. The molecule has 10 nitrogen and oxygen atoms in total. The van der Waals surface area contributed by atoms with Crippen molar-refractivity contribution < 1.29 is 37.9 Å². The summed E-state index contributed by atoms with van der Waals surface area (Å²) in [5.74, 6) is 0.0683. The van der Waals surface area contributed by atoms with Gasteiger partial charge in [0.2, 0.25) is 0 Å². The largest absolute Gasteiger partial charge is 2.00 e. The molecule has 4 aromatic carbocycles. The van der Waals surface area contributed by atoms with Crippen molar-refractivity contribution in [2.75, 3.05) is 19.8 Å². The molecule has 2 N–H and O–H groups in total. The van der Waals surface area contributed by atoms with Crippen molar-refractivity contribution in [2.45, 2.75) is 54.5 Å². The first-order valence-corrected chi connectivity index (χ1v) is 17.5. The first-order valence-electron chi connectivity index (χ1n) is 15.2. The van der Waals surface area contributed by atoms with Crippen molar-refractivity contribution in [1.29, 1.82) is 0 Å². The molecule has 2 unspecified atom stereocenters. The number of esters is 2. The molecule has 0 amide bonds. The van der Waals surface area contributed by atoms with Crippen LogP contribution in [-0.4, -0.2) is 75.5 Å². The van der Waals surface area contributed by atoms with Gasteiger partial charge in [-0.3, -0.25) is 19.8 Å². The van der Waals surface area contributed by atoms with Crippen LogP contribution in [0.25, 0.3) is 21.5 Å². The fourth-order valence-electron chi connectivity index (χ4n) is 3.80. The molecule has 0 aliphatic rings. The van der Waals surface area contributed by atoms with Crippen LogP contribution in [0.3, 0.4) is 0 Å². The second-order valence-corrected chi connectivity index (χ2v) is 15.3. The van der Waals surface area contributed by atoms with E-state index in [2.05, 4.69) is 10.2 Å². The maximum Gasteiger partial charge on any atom is 2.00 e. The van der Waals surface area contributed by atoms with E-state index in [0.717, 1.165) is 21.5 Å². The molecule has 48 heavy (non-hydrogen) atoms. The number of carbonyl (C=O) groups excluding carboxylic acids is 2. The van der Waals surface area contributed by atoms with Crippen molar-refractivity contribution in [2.24, 2.45) is 10.8 Å². The van der Waals surface area contributed by atoms with E-state index in [1.165, 1.54) is 0 Å². The first-order chi connectivity index (χ1) is 22.1. The summed E-state index contributed by atoms with van der Waals surface area (Å²) in [6.07, 6.45) is 0. The van der Waals surface area contributed by atoms with Crippen LogP contribution in [0.4, 0.5) is 0 Å². The molecule has 0 aliphatic heterocycles. The van der Waals surface area contributed by atoms with Crippen LogP contribution < -0.4 is 29.0 Å². The zero-order valence-electron chi connectivity index (χ0n) is 28.6. The number of rotatable bonds is 12. The summed E-state index contributed by atoms with van der Waals surface area (Å²) < 4.78 is 21.0. The minimum absolute atomic E-state index is 0. The molecule has 0 saturated carbocycles. The van der Waals surface area contributed by atoms with Crippen molar-refractivity contribution in [3.05, 3.63) is 84.9 Å². The van der Waals surface area contributed by atoms with Gasteiger partial charge < -0.3 is 28.3 Å². The number of carbonyl (C=O) groups is 2. The maximum atomic E-state index is 12.1. The molecule has 3 atom stereocenters. The maximum absolute atomic E-state index is 12.1. The molecule has 0 fully saturated rings. The van der Waals surface area contributed by atoms with E-state index in [4.69, 9.17) is 18.5 Å². The van der Waals surface area contributed by atoms with Crippen LogP contribution in [0.2, 0.25) is 0 Å². The molecule has 0 aromatic heterocycles. The summed E-state index contributed by atoms with van der Waals surface area (Å²) in [7, 11) is -4.41. The van der Waals surface area contributed by atoms with Gasteiger partial charge in [0.05, 0.1) is 36.8 Å². The van der Waals surface area contributed by atoms with Crippen molar-refractivity contribution in [1.82, 2.24) is 10.2 Å². The fraction of sp³-hybridized carbons (Fsp3) is 0.371. The van der Waals surface area contributed by atoms with Gasteiger partial charge in [0.25, 0.3) is 0 Å². The topological polar surface area (TPSA) is 141 Å². The second kappa shape index (κ2) is 19.9. The first kappa shape index (κ1) is 42.1. The van der Waals surface area contributed by atoms with Gasteiger partial charge in [-0.15, -0.1) is 0 Å². The number of ether oxygens (including phenoxy) is 2. The van der Waals surface area contributed by atoms with Crippen LogP contribution in [-0.2, 0) is 19.1 Å². The average Bonchev–Trinajstić information content (AvgIpc) is 3.01. The van der Waals surface area contributed by atoms with E-state index >= 15 is 0 Å². The van der Waals surface area contributed by atoms with Crippen molar-refractivity contribution in [3.63, 3.8) is 0 Å². The van der Waals surface area contributed by atoms with Crippen LogP contribution in [0.5, 0.6) is 11.5 Å². The number of hydrogen-bond donors (Lipinski definition) is 2. The van der Waals surface area contributed by atoms with Crippen molar-refractivity contribution >= 4 is 88.3 Å². The third-order valence-corrected chi connectivity index (χ3v) is 7.90. The summed E-state index contributed by atoms with van der Waals surface area (Å²) in [6, 6.07) is 25.8. The zero-order valence-corrected chi connectivity index (χ0v) is 32.6. The van der Waals surface area contributed by atoms with Gasteiger partial charge in [-0.2, -0.15) is 0 Å². The average molecular weight is 723 g/mol. The summed E-state index contributed by atoms with van der Waals surface area (Å²) >= 11 is 0. The van der Waals surface area contributed by atoms with Crippen LogP contribution in [0.15, 0.2) is 84.9 Å². The van der Waals surface area contributed by atoms with E-state index < -0.39 is 35.0 Å². The van der Waals surface area contributed by atoms with E-state index in [9.17, 15) is 19.4 Å². The molecule has 0 heterocycles. The summed E-state index contributed by atoms with van der Waals surface area (Å²) in [5.41, 5.74) is -0.210. The van der Waals surface area contributed by atoms with Gasteiger partial charge in [0, 0.05) is 0 Å². The minimum Gasteiger partial charge on any atom is -0.786 e. The van der Waals surface area contributed by atoms with Gasteiger partial charge in [-0.25, -0.2) is 0 Å². The Balaban J connectivity index is 0.000000327. The second-order valence-electron chi connectivity index (χ2n) is 13.3. The Bertz CT molecular complexity index is 1610. The van der Waals surface area contributed by atoms with Gasteiger partial charge in [-0.1, -0.05) is 102 Å². The zero-order chi connectivity index (χ0) is 34.6. The standard InChI is InChI=1S/C18H23NO4P.C17H21NO4P.Ca/c1-13(17(20)22-12-18(2,3)4)19-24(21)23-16-10-9-14-7-5-6-8-15(14)11-16;1-17(2,3)12-21-16(19)11-18-23(20)22-15-9-8-13-6-4-5-7-14(13)10-15;/h5-11,13,19H,12H2,1-4H3;4-10,18H,11-12H2,1-3H3;/q2*-1;+2/t13-,24?;;/m0../s1. The van der Waals surface area contributed by atoms with E-state index in [1.54, 1.807) is 19.1 Å². The Morgan fingerprint density at radius 1 is 0.688 bits per heavy atom. The Morgan fingerprint density at radius 3 is 1.60 bits per heavy atom. The molecule has 0 spiro atoms. The number of fused-ring (bicyclic) bond motifs is 2. The number of benzene rings is 4. The van der Waals surface area contributed by atoms with E-state index in [1.807, 2.05) is 114 Å². The molecule has 0 aliphatic carbocycles. The van der Waals surface area contributed by atoms with Crippen LogP contribution in [0, 0.1) is 10.8 Å². The van der Waals surface area contributed by atoms with E-state index in [0.29, 0.717) is 24.7 Å². The summed E-state index contributed by atoms with van der Waals surface area (Å²) in [4.78, 5) is 47.4. The van der Waals surface area contributed by atoms with Gasteiger partial charge >= 0.3 is 49.7 Å². The molecule has 0 radical (unpaired) electrons. The predicted octanol–water partition coefficient (Wildman–Crippen LogP) is 5.98. The molecule has 4 rings (SSSR count). The SMILES string of the molecule is CC(C)(C)COC(=O)CNP([O-])Oc1ccc2ccccc2c1.C[C@H](NP([O-])Oc1ccc2ccccc2c1)C(=O)OCC(C)(C)C.[Ca+2]. The molecule has 0 saturated heterocycles. The molecular weight excluding hydrogens is 678 g/mol. The normalized spacial score (nSPS) is 13.3. The number of hydrogen-bond acceptors (Lipinski definition) is 10. The number of nitrogens with one attached hydrogen (secondary N) is 2. The molecular formula is C35H44CaN2O8P2. The summed E-state index contributed by atoms with van der Waals surface area (Å²) in [5, 5.41) is 9.30. The Labute approximate surface area is 315 Å². The quantitative estimate of drug-likeness (QED) is 0.102. The third-order valence-electron chi connectivity index (χ3n) is 6.14. The fourth-order valence-corrected chi connectivity index (χ4v) is 5.21. The van der Waals surface area contributed by atoms with Gasteiger partial charge in [0.1, 0.15) is 17.5 Å². The Hall–Kier alpha value is -2.10. The van der Waals surface area contributed by atoms with Gasteiger partial charge in [0.15, 0.2) is 0 Å². The molecule has 0 bridgehead atoms. The smallest absolute Gasteiger partial charge is 0.786 e.